The number of amides is 1. The molecule has 2 aromatic rings. The number of carbonyl (C=O) groups excluding carboxylic acids is 2. The summed E-state index contributed by atoms with van der Waals surface area (Å²) in [6, 6.07) is 12.2. The Bertz CT molecular complexity index is 1200. The molecule has 0 radical (unpaired) electrons. The Morgan fingerprint density at radius 3 is 2.58 bits per heavy atom. The van der Waals surface area contributed by atoms with Crippen molar-refractivity contribution in [3.63, 3.8) is 0 Å². The fourth-order valence-corrected chi connectivity index (χ4v) is 5.34. The zero-order chi connectivity index (χ0) is 26.6. The Morgan fingerprint density at radius 1 is 1.08 bits per heavy atom. The predicted octanol–water partition coefficient (Wildman–Crippen LogP) is 3.94. The maximum absolute atomic E-state index is 13.4. The quantitative estimate of drug-likeness (QED) is 0.232. The van der Waals surface area contributed by atoms with E-state index in [1.165, 1.54) is 0 Å². The van der Waals surface area contributed by atoms with E-state index in [2.05, 4.69) is 11.8 Å². The van der Waals surface area contributed by atoms with Crippen LogP contribution in [0.1, 0.15) is 49.4 Å². The number of nitrogens with zero attached hydrogens (tertiary/aromatic N) is 2. The first-order chi connectivity index (χ1) is 18.5. The number of fused-ring (bicyclic) bond motifs is 1. The molecule has 0 spiro atoms. The molecule has 0 bridgehead atoms. The molecule has 3 aliphatic rings. The van der Waals surface area contributed by atoms with Crippen LogP contribution < -0.4 is 9.47 Å². The molecule has 38 heavy (non-hydrogen) atoms. The van der Waals surface area contributed by atoms with E-state index < -0.39 is 17.7 Å². The van der Waals surface area contributed by atoms with Crippen LogP contribution in [0.2, 0.25) is 0 Å². The highest BCUT2D eigenvalue weighted by atomic mass is 16.5. The number of likely N-dealkylation sites (tertiary alicyclic amines) is 1. The second-order valence-corrected chi connectivity index (χ2v) is 10.2. The summed E-state index contributed by atoms with van der Waals surface area (Å²) < 4.78 is 17.1. The van der Waals surface area contributed by atoms with E-state index >= 15 is 0 Å². The van der Waals surface area contributed by atoms with Gasteiger partial charge in [0, 0.05) is 38.2 Å². The average molecular weight is 521 g/mol. The number of hydrogen-bond acceptors (Lipinski definition) is 7. The van der Waals surface area contributed by atoms with Gasteiger partial charge in [-0.1, -0.05) is 25.5 Å². The lowest BCUT2D eigenvalue weighted by Crippen LogP contribution is -2.42. The van der Waals surface area contributed by atoms with E-state index in [1.54, 1.807) is 11.0 Å². The molecular formula is C30H36N2O6. The number of aliphatic hydroxyl groups excluding tert-OH is 1. The van der Waals surface area contributed by atoms with Crippen molar-refractivity contribution in [1.29, 1.82) is 0 Å². The van der Waals surface area contributed by atoms with E-state index in [0.717, 1.165) is 55.0 Å². The van der Waals surface area contributed by atoms with Crippen molar-refractivity contribution >= 4 is 17.4 Å². The molecule has 3 heterocycles. The summed E-state index contributed by atoms with van der Waals surface area (Å²) in [7, 11) is 0. The highest BCUT2D eigenvalue weighted by Crippen LogP contribution is 2.41. The van der Waals surface area contributed by atoms with Crippen molar-refractivity contribution in [2.24, 2.45) is 0 Å². The van der Waals surface area contributed by atoms with Crippen LogP contribution in [0.3, 0.4) is 0 Å². The molecule has 5 rings (SSSR count). The molecule has 2 aromatic carbocycles. The van der Waals surface area contributed by atoms with Gasteiger partial charge in [-0.05, 0) is 54.8 Å². The van der Waals surface area contributed by atoms with Crippen molar-refractivity contribution in [2.75, 3.05) is 46.0 Å². The Labute approximate surface area is 223 Å². The van der Waals surface area contributed by atoms with Crippen molar-refractivity contribution in [1.82, 2.24) is 9.80 Å². The first-order valence-electron chi connectivity index (χ1n) is 13.6. The van der Waals surface area contributed by atoms with E-state index in [4.69, 9.17) is 14.2 Å². The molecule has 2 atom stereocenters. The van der Waals surface area contributed by atoms with Crippen LogP contribution in [0, 0.1) is 0 Å². The normalized spacial score (nSPS) is 22.9. The van der Waals surface area contributed by atoms with E-state index in [9.17, 15) is 14.7 Å². The van der Waals surface area contributed by atoms with Crippen LogP contribution in [0.5, 0.6) is 11.5 Å². The smallest absolute Gasteiger partial charge is 0.295 e. The van der Waals surface area contributed by atoms with Crippen LogP contribution in [-0.2, 0) is 20.7 Å². The summed E-state index contributed by atoms with van der Waals surface area (Å²) in [5.74, 6) is 0.109. The predicted molar refractivity (Wildman–Crippen MR) is 143 cm³/mol. The minimum atomic E-state index is -0.691. The molecule has 0 saturated carbocycles. The molecule has 2 fully saturated rings. The molecule has 0 aliphatic carbocycles. The number of ether oxygens (including phenoxy) is 3. The highest BCUT2D eigenvalue weighted by Gasteiger charge is 2.46. The molecule has 0 aromatic heterocycles. The second kappa shape index (κ2) is 11.6. The summed E-state index contributed by atoms with van der Waals surface area (Å²) in [6.45, 7) is 8.62. The summed E-state index contributed by atoms with van der Waals surface area (Å²) in [4.78, 5) is 30.5. The van der Waals surface area contributed by atoms with Gasteiger partial charge in [-0.15, -0.1) is 0 Å². The average Bonchev–Trinajstić information content (AvgIpc) is 3.43. The van der Waals surface area contributed by atoms with Gasteiger partial charge in [0.25, 0.3) is 11.7 Å². The Morgan fingerprint density at radius 2 is 1.84 bits per heavy atom. The minimum Gasteiger partial charge on any atom is -0.507 e. The fraction of sp³-hybridized carbons (Fsp3) is 0.467. The fourth-order valence-electron chi connectivity index (χ4n) is 5.34. The van der Waals surface area contributed by atoms with Gasteiger partial charge in [-0.2, -0.15) is 0 Å². The lowest BCUT2D eigenvalue weighted by atomic mass is 9.94. The molecule has 3 aliphatic heterocycles. The van der Waals surface area contributed by atoms with Crippen molar-refractivity contribution in [2.45, 2.75) is 45.3 Å². The number of carbonyl (C=O) groups is 2. The lowest BCUT2D eigenvalue weighted by Gasteiger charge is -2.31. The Hall–Kier alpha value is -3.36. The number of benzene rings is 2. The van der Waals surface area contributed by atoms with Gasteiger partial charge >= 0.3 is 0 Å². The van der Waals surface area contributed by atoms with Gasteiger partial charge in [-0.3, -0.25) is 14.5 Å². The molecule has 8 heteroatoms. The molecule has 2 unspecified atom stereocenters. The first-order valence-corrected chi connectivity index (χ1v) is 13.6. The summed E-state index contributed by atoms with van der Waals surface area (Å²) >= 11 is 0. The first kappa shape index (κ1) is 26.3. The number of aliphatic hydroxyl groups is 1. The third-order valence-electron chi connectivity index (χ3n) is 7.43. The highest BCUT2D eigenvalue weighted by molar-refractivity contribution is 6.46. The number of morpholine rings is 1. The molecule has 1 amide bonds. The SMILES string of the molecule is CCCCOc1ccc(C2C(=C(O)c3ccc4c(c3)CC(C)O4)C(=O)C(=O)N2CCN2CCOCC2)cc1. The Kier molecular flexibility index (Phi) is 8.00. The largest absolute Gasteiger partial charge is 0.507 e. The summed E-state index contributed by atoms with van der Waals surface area (Å²) in [5.41, 5.74) is 2.36. The van der Waals surface area contributed by atoms with Gasteiger partial charge in [-0.25, -0.2) is 0 Å². The number of unbranched alkanes of at least 4 members (excludes halogenated alkanes) is 1. The number of ketones is 1. The third kappa shape index (κ3) is 5.42. The third-order valence-corrected chi connectivity index (χ3v) is 7.43. The van der Waals surface area contributed by atoms with Crippen LogP contribution in [0.15, 0.2) is 48.0 Å². The van der Waals surface area contributed by atoms with Crippen molar-refractivity contribution in [3.8, 4) is 11.5 Å². The monoisotopic (exact) mass is 520 g/mol. The zero-order valence-electron chi connectivity index (χ0n) is 22.2. The minimum absolute atomic E-state index is 0.0613. The maximum atomic E-state index is 13.4. The maximum Gasteiger partial charge on any atom is 0.295 e. The number of hydrogen-bond donors (Lipinski definition) is 1. The zero-order valence-corrected chi connectivity index (χ0v) is 22.2. The van der Waals surface area contributed by atoms with Crippen molar-refractivity contribution < 1.29 is 28.9 Å². The van der Waals surface area contributed by atoms with Gasteiger partial charge in [0.15, 0.2) is 0 Å². The lowest BCUT2D eigenvalue weighted by molar-refractivity contribution is -0.140. The van der Waals surface area contributed by atoms with Crippen LogP contribution >= 0.6 is 0 Å². The molecule has 2 saturated heterocycles. The van der Waals surface area contributed by atoms with E-state index in [0.29, 0.717) is 38.5 Å². The summed E-state index contributed by atoms with van der Waals surface area (Å²) in [6.07, 6.45) is 2.80. The van der Waals surface area contributed by atoms with Crippen LogP contribution in [0.4, 0.5) is 0 Å². The molecular weight excluding hydrogens is 484 g/mol. The van der Waals surface area contributed by atoms with Crippen molar-refractivity contribution in [3.05, 3.63) is 64.7 Å². The van der Waals surface area contributed by atoms with Gasteiger partial charge in [0.2, 0.25) is 0 Å². The number of rotatable bonds is 9. The molecule has 202 valence electrons. The topological polar surface area (TPSA) is 88.5 Å². The van der Waals surface area contributed by atoms with Gasteiger partial charge in [0.05, 0.1) is 31.4 Å². The van der Waals surface area contributed by atoms with E-state index in [-0.39, 0.29) is 17.4 Å². The molecule has 1 N–H and O–H groups in total. The van der Waals surface area contributed by atoms with Crippen LogP contribution in [-0.4, -0.2) is 78.7 Å². The van der Waals surface area contributed by atoms with Gasteiger partial charge in [0.1, 0.15) is 23.4 Å². The van der Waals surface area contributed by atoms with Crippen LogP contribution in [0.25, 0.3) is 5.76 Å². The molecule has 8 nitrogen and oxygen atoms in total. The second-order valence-electron chi connectivity index (χ2n) is 10.2. The standard InChI is InChI=1S/C30H36N2O6/c1-3-4-15-37-24-8-5-21(6-9-24)27-26(28(33)22-7-10-25-23(19-22)18-20(2)38-25)29(34)30(35)32(27)12-11-31-13-16-36-17-14-31/h5-10,19-20,27,33H,3-4,11-18H2,1-2H3. The summed E-state index contributed by atoms with van der Waals surface area (Å²) in [5, 5.41) is 11.5. The van der Waals surface area contributed by atoms with Gasteiger partial charge < -0.3 is 24.2 Å². The van der Waals surface area contributed by atoms with E-state index in [1.807, 2.05) is 43.3 Å². The Balaban J connectivity index is 1.48. The number of Topliss-reactive ketones (excluding diaryl/α,β-unsaturated/α-hetero) is 1.